The Morgan fingerprint density at radius 1 is 1.26 bits per heavy atom. The summed E-state index contributed by atoms with van der Waals surface area (Å²) in [4.78, 5) is 1.18. The van der Waals surface area contributed by atoms with Crippen LogP contribution in [0.25, 0.3) is 0 Å². The van der Waals surface area contributed by atoms with Crippen molar-refractivity contribution in [3.8, 4) is 23.7 Å². The van der Waals surface area contributed by atoms with Crippen molar-refractivity contribution in [2.24, 2.45) is 0 Å². The lowest BCUT2D eigenvalue weighted by Gasteiger charge is -2.01. The first kappa shape index (κ1) is 19.4. The number of thioether (sulfide) groups is 1. The minimum absolute atomic E-state index is 0.655. The molecule has 1 atom stereocenters. The molecule has 1 unspecified atom stereocenters. The zero-order valence-electron chi connectivity index (χ0n) is 13.8. The van der Waals surface area contributed by atoms with E-state index in [1.165, 1.54) is 4.90 Å². The molecule has 0 aliphatic carbocycles. The van der Waals surface area contributed by atoms with Gasteiger partial charge in [0, 0.05) is 30.6 Å². The lowest BCUT2D eigenvalue weighted by molar-refractivity contribution is 0.193. The Labute approximate surface area is 144 Å². The van der Waals surface area contributed by atoms with Gasteiger partial charge in [0.2, 0.25) is 0 Å². The highest BCUT2D eigenvalue weighted by Gasteiger charge is 2.02. The molecule has 0 fully saturated rings. The quantitative estimate of drug-likeness (QED) is 0.467. The summed E-state index contributed by atoms with van der Waals surface area (Å²) in [6.45, 7) is 2.64. The highest BCUT2D eigenvalue weighted by atomic mass is 32.2. The molecule has 122 valence electrons. The molecule has 0 bridgehead atoms. The first-order chi connectivity index (χ1) is 11.3. The Morgan fingerprint density at radius 2 is 2.04 bits per heavy atom. The van der Waals surface area contributed by atoms with E-state index in [1.807, 2.05) is 31.2 Å². The van der Waals surface area contributed by atoms with Gasteiger partial charge in [-0.25, -0.2) is 0 Å². The topological polar surface area (TPSA) is 29.5 Å². The molecule has 23 heavy (non-hydrogen) atoms. The summed E-state index contributed by atoms with van der Waals surface area (Å²) >= 11 is 1.66. The Balaban J connectivity index is 2.38. The molecule has 2 nitrogen and oxygen atoms in total. The van der Waals surface area contributed by atoms with Crippen LogP contribution >= 0.6 is 11.8 Å². The van der Waals surface area contributed by atoms with Crippen molar-refractivity contribution in [1.29, 1.82) is 0 Å². The van der Waals surface area contributed by atoms with Gasteiger partial charge in [-0.1, -0.05) is 48.0 Å². The molecule has 0 saturated heterocycles. The second kappa shape index (κ2) is 12.9. The van der Waals surface area contributed by atoms with E-state index in [0.717, 1.165) is 25.9 Å². The van der Waals surface area contributed by atoms with Crippen molar-refractivity contribution in [3.63, 3.8) is 0 Å². The van der Waals surface area contributed by atoms with E-state index in [2.05, 4.69) is 35.8 Å². The molecule has 0 heterocycles. The molecule has 3 heteroatoms. The van der Waals surface area contributed by atoms with Crippen LogP contribution in [0.2, 0.25) is 0 Å². The molecular weight excluding hydrogens is 304 g/mol. The standard InChI is InChI=1S/C20H24O2S/c1-3-18(12-7-4-5-10-16-22-2)20(21)15-11-17-23-19-13-8-6-9-14-19/h3,6,8-9,13-14,20-21H,4-5,10,16-17H2,1-2H3/b18-3+. The molecule has 0 amide bonds. The fourth-order valence-corrected chi connectivity index (χ4v) is 2.45. The van der Waals surface area contributed by atoms with Crippen molar-refractivity contribution in [3.05, 3.63) is 42.0 Å². The van der Waals surface area contributed by atoms with Crippen molar-refractivity contribution in [2.75, 3.05) is 19.5 Å². The van der Waals surface area contributed by atoms with Gasteiger partial charge in [-0.15, -0.1) is 11.8 Å². The lowest BCUT2D eigenvalue weighted by atomic mass is 10.1. The third kappa shape index (κ3) is 9.16. The fraction of sp³-hybridized carbons (Fsp3) is 0.400. The maximum atomic E-state index is 10.1. The fourth-order valence-electron chi connectivity index (χ4n) is 1.77. The average Bonchev–Trinajstić information content (AvgIpc) is 2.59. The predicted molar refractivity (Wildman–Crippen MR) is 98.2 cm³/mol. The van der Waals surface area contributed by atoms with Crippen LogP contribution in [0.4, 0.5) is 0 Å². The first-order valence-corrected chi connectivity index (χ1v) is 8.74. The summed E-state index contributed by atoms with van der Waals surface area (Å²) in [5.41, 5.74) is 0.675. The maximum absolute atomic E-state index is 10.1. The van der Waals surface area contributed by atoms with Gasteiger partial charge < -0.3 is 9.84 Å². The van der Waals surface area contributed by atoms with E-state index in [0.29, 0.717) is 11.3 Å². The van der Waals surface area contributed by atoms with E-state index in [4.69, 9.17) is 4.74 Å². The number of allylic oxidation sites excluding steroid dienone is 1. The maximum Gasteiger partial charge on any atom is 0.147 e. The smallest absolute Gasteiger partial charge is 0.147 e. The highest BCUT2D eigenvalue weighted by Crippen LogP contribution is 2.15. The molecule has 0 saturated carbocycles. The van der Waals surface area contributed by atoms with Crippen LogP contribution in [0.3, 0.4) is 0 Å². The number of hydrogen-bond acceptors (Lipinski definition) is 3. The van der Waals surface area contributed by atoms with Gasteiger partial charge in [-0.3, -0.25) is 0 Å². The van der Waals surface area contributed by atoms with Gasteiger partial charge in [-0.05, 0) is 31.9 Å². The van der Waals surface area contributed by atoms with E-state index < -0.39 is 6.10 Å². The van der Waals surface area contributed by atoms with Crippen LogP contribution < -0.4 is 0 Å². The number of ether oxygens (including phenoxy) is 1. The molecular formula is C20H24O2S. The van der Waals surface area contributed by atoms with E-state index in [9.17, 15) is 5.11 Å². The van der Waals surface area contributed by atoms with Gasteiger partial charge in [0.15, 0.2) is 0 Å². The Hall–Kier alpha value is -1.65. The second-order valence-electron chi connectivity index (χ2n) is 4.82. The molecule has 0 aromatic heterocycles. The van der Waals surface area contributed by atoms with Gasteiger partial charge in [-0.2, -0.15) is 0 Å². The summed E-state index contributed by atoms with van der Waals surface area (Å²) in [6, 6.07) is 10.1. The second-order valence-corrected chi connectivity index (χ2v) is 5.87. The number of aliphatic hydroxyl groups is 1. The summed E-state index contributed by atoms with van der Waals surface area (Å²) in [6.07, 6.45) is 3.85. The summed E-state index contributed by atoms with van der Waals surface area (Å²) in [5.74, 6) is 12.6. The van der Waals surface area contributed by atoms with Crippen LogP contribution in [-0.2, 0) is 4.74 Å². The Bertz CT molecular complexity index is 585. The molecule has 0 aliphatic rings. The van der Waals surface area contributed by atoms with E-state index in [-0.39, 0.29) is 0 Å². The molecule has 1 aromatic carbocycles. The molecule has 0 radical (unpaired) electrons. The molecule has 1 aromatic rings. The van der Waals surface area contributed by atoms with Crippen LogP contribution in [-0.4, -0.2) is 30.7 Å². The Morgan fingerprint density at radius 3 is 2.74 bits per heavy atom. The number of rotatable bonds is 7. The van der Waals surface area contributed by atoms with Crippen molar-refractivity contribution < 1.29 is 9.84 Å². The predicted octanol–water partition coefficient (Wildman–Crippen LogP) is 3.91. The number of methoxy groups -OCH3 is 1. The summed E-state index contributed by atoms with van der Waals surface area (Å²) in [5, 5.41) is 10.1. The van der Waals surface area contributed by atoms with Gasteiger partial charge in [0.25, 0.3) is 0 Å². The lowest BCUT2D eigenvalue weighted by Crippen LogP contribution is -2.05. The molecule has 0 spiro atoms. The number of unbranched alkanes of at least 4 members (excludes halogenated alkanes) is 2. The van der Waals surface area contributed by atoms with Crippen LogP contribution in [0.1, 0.15) is 26.2 Å². The zero-order chi connectivity index (χ0) is 16.8. The summed E-state index contributed by atoms with van der Waals surface area (Å²) in [7, 11) is 1.70. The largest absolute Gasteiger partial charge is 0.385 e. The van der Waals surface area contributed by atoms with Gasteiger partial charge >= 0.3 is 0 Å². The third-order valence-electron chi connectivity index (χ3n) is 3.03. The van der Waals surface area contributed by atoms with E-state index >= 15 is 0 Å². The van der Waals surface area contributed by atoms with Crippen molar-refractivity contribution in [2.45, 2.75) is 37.2 Å². The van der Waals surface area contributed by atoms with Crippen molar-refractivity contribution >= 4 is 11.8 Å². The zero-order valence-corrected chi connectivity index (χ0v) is 14.7. The van der Waals surface area contributed by atoms with Crippen molar-refractivity contribution in [1.82, 2.24) is 0 Å². The van der Waals surface area contributed by atoms with E-state index in [1.54, 1.807) is 18.9 Å². The number of hydrogen-bond donors (Lipinski definition) is 1. The third-order valence-corrected chi connectivity index (χ3v) is 3.93. The molecule has 0 aliphatic heterocycles. The number of aliphatic hydroxyl groups excluding tert-OH is 1. The highest BCUT2D eigenvalue weighted by molar-refractivity contribution is 7.99. The van der Waals surface area contributed by atoms with Gasteiger partial charge in [0.05, 0.1) is 5.75 Å². The monoisotopic (exact) mass is 328 g/mol. The molecule has 1 N–H and O–H groups in total. The first-order valence-electron chi connectivity index (χ1n) is 7.76. The average molecular weight is 328 g/mol. The summed E-state index contributed by atoms with van der Waals surface area (Å²) < 4.78 is 5.00. The normalized spacial score (nSPS) is 11.9. The Kier molecular flexibility index (Phi) is 10.8. The minimum Gasteiger partial charge on any atom is -0.385 e. The van der Waals surface area contributed by atoms with Gasteiger partial charge in [0.1, 0.15) is 6.10 Å². The van der Waals surface area contributed by atoms with Crippen LogP contribution in [0.15, 0.2) is 46.9 Å². The SMILES string of the molecule is C/C=C(\C#CCCCCOC)C(O)C#CCSc1ccccc1. The van der Waals surface area contributed by atoms with Crippen LogP contribution in [0.5, 0.6) is 0 Å². The minimum atomic E-state index is -0.803. The van der Waals surface area contributed by atoms with Crippen LogP contribution in [0, 0.1) is 23.7 Å². The number of benzene rings is 1. The molecule has 1 rings (SSSR count).